The molecule has 0 saturated carbocycles. The number of primary amides is 2. The van der Waals surface area contributed by atoms with Gasteiger partial charge in [-0.2, -0.15) is 5.26 Å². The highest BCUT2D eigenvalue weighted by Crippen LogP contribution is 1.89. The molecule has 0 aromatic rings. The maximum absolute atomic E-state index is 11.4. The van der Waals surface area contributed by atoms with Crippen LogP contribution in [0, 0.1) is 11.3 Å². The van der Waals surface area contributed by atoms with Crippen LogP contribution >= 0.6 is 0 Å². The SMILES string of the molecule is N#CCNC(=O)C(=O)N(CC(N)=O)CC(N)=O. The van der Waals surface area contributed by atoms with Gasteiger partial charge >= 0.3 is 11.8 Å². The van der Waals surface area contributed by atoms with Gasteiger partial charge in [-0.1, -0.05) is 0 Å². The zero-order chi connectivity index (χ0) is 13.4. The summed E-state index contributed by atoms with van der Waals surface area (Å²) in [5, 5.41) is 10.2. The molecule has 0 aliphatic rings. The summed E-state index contributed by atoms with van der Waals surface area (Å²) in [5.41, 5.74) is 9.68. The van der Waals surface area contributed by atoms with E-state index < -0.39 is 36.7 Å². The Bertz CT molecular complexity index is 370. The Morgan fingerprint density at radius 3 is 1.94 bits per heavy atom. The third-order valence-corrected chi connectivity index (χ3v) is 1.50. The number of nitrogens with one attached hydrogen (secondary N) is 1. The highest BCUT2D eigenvalue weighted by molar-refractivity contribution is 6.35. The number of nitrogens with zero attached hydrogens (tertiary/aromatic N) is 2. The van der Waals surface area contributed by atoms with Crippen LogP contribution in [0.4, 0.5) is 0 Å². The summed E-state index contributed by atoms with van der Waals surface area (Å²) < 4.78 is 0. The zero-order valence-corrected chi connectivity index (χ0v) is 8.80. The Labute approximate surface area is 96.3 Å². The highest BCUT2D eigenvalue weighted by atomic mass is 16.2. The lowest BCUT2D eigenvalue weighted by atomic mass is 10.4. The summed E-state index contributed by atoms with van der Waals surface area (Å²) >= 11 is 0. The maximum Gasteiger partial charge on any atom is 0.312 e. The van der Waals surface area contributed by atoms with Gasteiger partial charge in [-0.25, -0.2) is 0 Å². The summed E-state index contributed by atoms with van der Waals surface area (Å²) in [6, 6.07) is 1.59. The number of nitrogens with two attached hydrogens (primary N) is 2. The molecule has 0 radical (unpaired) electrons. The Morgan fingerprint density at radius 2 is 1.59 bits per heavy atom. The van der Waals surface area contributed by atoms with Crippen molar-refractivity contribution < 1.29 is 19.2 Å². The fourth-order valence-corrected chi connectivity index (χ4v) is 0.915. The highest BCUT2D eigenvalue weighted by Gasteiger charge is 2.24. The lowest BCUT2D eigenvalue weighted by Crippen LogP contribution is -2.49. The van der Waals surface area contributed by atoms with Gasteiger partial charge < -0.3 is 21.7 Å². The van der Waals surface area contributed by atoms with Crippen LogP contribution < -0.4 is 16.8 Å². The van der Waals surface area contributed by atoms with Gasteiger partial charge in [0.25, 0.3) is 0 Å². The van der Waals surface area contributed by atoms with E-state index in [0.717, 1.165) is 0 Å². The van der Waals surface area contributed by atoms with Crippen LogP contribution in [0.3, 0.4) is 0 Å². The van der Waals surface area contributed by atoms with Crippen molar-refractivity contribution in [1.29, 1.82) is 5.26 Å². The number of carbonyl (C=O) groups is 4. The molecule has 0 fully saturated rings. The van der Waals surface area contributed by atoms with Gasteiger partial charge in [0.15, 0.2) is 0 Å². The first-order valence-electron chi connectivity index (χ1n) is 4.39. The predicted octanol–water partition coefficient (Wildman–Crippen LogP) is -3.57. The first kappa shape index (κ1) is 14.4. The molecule has 92 valence electrons. The smallest absolute Gasteiger partial charge is 0.312 e. The van der Waals surface area contributed by atoms with Crippen molar-refractivity contribution >= 4 is 23.6 Å². The van der Waals surface area contributed by atoms with Crippen LogP contribution in [0.15, 0.2) is 0 Å². The number of amides is 4. The lowest BCUT2D eigenvalue weighted by molar-refractivity contribution is -0.147. The van der Waals surface area contributed by atoms with Gasteiger partial charge in [-0.15, -0.1) is 0 Å². The molecule has 9 nitrogen and oxygen atoms in total. The fourth-order valence-electron chi connectivity index (χ4n) is 0.915. The molecule has 0 unspecified atom stereocenters. The molecule has 4 amide bonds. The van der Waals surface area contributed by atoms with Gasteiger partial charge in [0.1, 0.15) is 19.6 Å². The molecule has 0 atom stereocenters. The second-order valence-electron chi connectivity index (χ2n) is 2.93. The molecule has 0 aromatic heterocycles. The number of hydrogen-bond donors (Lipinski definition) is 3. The summed E-state index contributed by atoms with van der Waals surface area (Å²) in [6.07, 6.45) is 0. The maximum atomic E-state index is 11.4. The molecular formula is C8H11N5O4. The topological polar surface area (TPSA) is 159 Å². The van der Waals surface area contributed by atoms with Crippen molar-refractivity contribution in [1.82, 2.24) is 10.2 Å². The van der Waals surface area contributed by atoms with Crippen LogP contribution in [-0.2, 0) is 19.2 Å². The molecule has 0 saturated heterocycles. The van der Waals surface area contributed by atoms with Crippen molar-refractivity contribution in [3.05, 3.63) is 0 Å². The summed E-state index contributed by atoms with van der Waals surface area (Å²) in [7, 11) is 0. The van der Waals surface area contributed by atoms with E-state index in [1.807, 2.05) is 5.32 Å². The molecule has 0 aromatic carbocycles. The molecular weight excluding hydrogens is 230 g/mol. The normalized spacial score (nSPS) is 8.88. The summed E-state index contributed by atoms with van der Waals surface area (Å²) in [5.74, 6) is -4.06. The third kappa shape index (κ3) is 5.73. The molecule has 0 spiro atoms. The van der Waals surface area contributed by atoms with Crippen molar-refractivity contribution in [3.8, 4) is 6.07 Å². The molecule has 0 aliphatic heterocycles. The lowest BCUT2D eigenvalue weighted by Gasteiger charge is -2.18. The largest absolute Gasteiger partial charge is 0.368 e. The molecule has 9 heteroatoms. The van der Waals surface area contributed by atoms with Crippen molar-refractivity contribution in [2.24, 2.45) is 11.5 Å². The van der Waals surface area contributed by atoms with E-state index in [-0.39, 0.29) is 6.54 Å². The van der Waals surface area contributed by atoms with Gasteiger partial charge in [0, 0.05) is 0 Å². The van der Waals surface area contributed by atoms with Gasteiger partial charge in [0.05, 0.1) is 6.07 Å². The zero-order valence-electron chi connectivity index (χ0n) is 8.80. The average molecular weight is 241 g/mol. The standard InChI is InChI=1S/C8H11N5O4/c9-1-2-12-7(16)8(17)13(3-5(10)14)4-6(11)15/h2-4H2,(H2,10,14)(H2,11,15)(H,12,16). The first-order chi connectivity index (χ1) is 7.88. The number of hydrogen-bond acceptors (Lipinski definition) is 5. The minimum Gasteiger partial charge on any atom is -0.368 e. The number of carbonyl (C=O) groups excluding carboxylic acids is 4. The minimum atomic E-state index is -1.15. The van der Waals surface area contributed by atoms with Gasteiger partial charge in [-0.3, -0.25) is 19.2 Å². The monoisotopic (exact) mass is 241 g/mol. The van der Waals surface area contributed by atoms with Crippen LogP contribution in [0.5, 0.6) is 0 Å². The second-order valence-corrected chi connectivity index (χ2v) is 2.93. The van der Waals surface area contributed by atoms with Crippen LogP contribution in [0.1, 0.15) is 0 Å². The Kier molecular flexibility index (Phi) is 5.73. The molecule has 0 aliphatic carbocycles. The third-order valence-electron chi connectivity index (χ3n) is 1.50. The van der Waals surface area contributed by atoms with Crippen LogP contribution in [0.2, 0.25) is 0 Å². The molecule has 5 N–H and O–H groups in total. The Morgan fingerprint density at radius 1 is 1.12 bits per heavy atom. The van der Waals surface area contributed by atoms with E-state index in [1.165, 1.54) is 0 Å². The average Bonchev–Trinajstić information content (AvgIpc) is 2.22. The van der Waals surface area contributed by atoms with Crippen molar-refractivity contribution in [2.75, 3.05) is 19.6 Å². The second kappa shape index (κ2) is 6.78. The molecule has 0 rings (SSSR count). The van der Waals surface area contributed by atoms with E-state index in [2.05, 4.69) is 0 Å². The van der Waals surface area contributed by atoms with E-state index in [9.17, 15) is 19.2 Å². The predicted molar refractivity (Wildman–Crippen MR) is 53.6 cm³/mol. The van der Waals surface area contributed by atoms with E-state index in [4.69, 9.17) is 16.7 Å². The number of nitriles is 1. The minimum absolute atomic E-state index is 0.369. The van der Waals surface area contributed by atoms with Crippen molar-refractivity contribution in [3.63, 3.8) is 0 Å². The Hall–Kier alpha value is -2.63. The first-order valence-corrected chi connectivity index (χ1v) is 4.39. The number of rotatable bonds is 5. The van der Waals surface area contributed by atoms with E-state index in [1.54, 1.807) is 6.07 Å². The van der Waals surface area contributed by atoms with Crippen molar-refractivity contribution in [2.45, 2.75) is 0 Å². The van der Waals surface area contributed by atoms with Gasteiger partial charge in [-0.05, 0) is 0 Å². The van der Waals surface area contributed by atoms with E-state index in [0.29, 0.717) is 4.90 Å². The van der Waals surface area contributed by atoms with Gasteiger partial charge in [0.2, 0.25) is 11.8 Å². The van der Waals surface area contributed by atoms with Crippen LogP contribution in [0.25, 0.3) is 0 Å². The Balaban J connectivity index is 4.62. The van der Waals surface area contributed by atoms with E-state index >= 15 is 0 Å². The summed E-state index contributed by atoms with van der Waals surface area (Å²) in [4.78, 5) is 44.4. The summed E-state index contributed by atoms with van der Waals surface area (Å²) in [6.45, 7) is -1.59. The quantitative estimate of drug-likeness (QED) is 0.334. The molecule has 0 heterocycles. The molecule has 17 heavy (non-hydrogen) atoms. The van der Waals surface area contributed by atoms with Crippen LogP contribution in [-0.4, -0.2) is 48.2 Å². The molecule has 0 bridgehead atoms. The fraction of sp³-hybridized carbons (Fsp3) is 0.375.